The van der Waals surface area contributed by atoms with Crippen molar-refractivity contribution in [3.63, 3.8) is 0 Å². The van der Waals surface area contributed by atoms with E-state index in [0.717, 1.165) is 79.7 Å². The van der Waals surface area contributed by atoms with Crippen LogP contribution < -0.4 is 10.6 Å². The first-order valence-electron chi connectivity index (χ1n) is 11.4. The average Bonchev–Trinajstić information content (AvgIpc) is 3.38. The Morgan fingerprint density at radius 2 is 1.57 bits per heavy atom. The van der Waals surface area contributed by atoms with Crippen molar-refractivity contribution in [2.45, 2.75) is 83.1 Å². The van der Waals surface area contributed by atoms with Gasteiger partial charge in [-0.1, -0.05) is 0 Å². The number of thiophene rings is 1. The molecule has 5 saturated carbocycles. The number of nitrogens with one attached hydrogen (secondary N) is 2. The van der Waals surface area contributed by atoms with Crippen molar-refractivity contribution in [3.8, 4) is 0 Å². The molecule has 1 aromatic rings. The molecule has 6 aliphatic rings. The predicted molar refractivity (Wildman–Crippen MR) is 111 cm³/mol. The summed E-state index contributed by atoms with van der Waals surface area (Å²) in [5.74, 6) is 2.52. The normalized spacial score (nSPS) is 35.5. The van der Waals surface area contributed by atoms with Crippen LogP contribution in [0.3, 0.4) is 0 Å². The van der Waals surface area contributed by atoms with E-state index < -0.39 is 0 Å². The van der Waals surface area contributed by atoms with Gasteiger partial charge in [0.15, 0.2) is 0 Å². The fourth-order valence-electron chi connectivity index (χ4n) is 7.00. The minimum Gasteiger partial charge on any atom is -0.349 e. The summed E-state index contributed by atoms with van der Waals surface area (Å²) in [7, 11) is 0. The monoisotopic (exact) mass is 398 g/mol. The van der Waals surface area contributed by atoms with Gasteiger partial charge in [-0.15, -0.1) is 11.3 Å². The number of fused-ring (bicyclic) bond motifs is 1. The van der Waals surface area contributed by atoms with Gasteiger partial charge in [0.2, 0.25) is 5.91 Å². The minimum absolute atomic E-state index is 0.0442. The van der Waals surface area contributed by atoms with Crippen LogP contribution in [0.5, 0.6) is 0 Å². The van der Waals surface area contributed by atoms with Crippen LogP contribution in [-0.2, 0) is 17.6 Å². The van der Waals surface area contributed by atoms with E-state index in [-0.39, 0.29) is 17.2 Å². The third-order valence-electron chi connectivity index (χ3n) is 8.06. The van der Waals surface area contributed by atoms with E-state index in [1.165, 1.54) is 36.1 Å². The molecule has 0 unspecified atom stereocenters. The van der Waals surface area contributed by atoms with E-state index in [1.54, 1.807) is 11.3 Å². The lowest BCUT2D eigenvalue weighted by Gasteiger charge is -2.55. The van der Waals surface area contributed by atoms with Crippen LogP contribution in [0.1, 0.15) is 85.0 Å². The molecule has 0 saturated heterocycles. The van der Waals surface area contributed by atoms with Gasteiger partial charge in [-0.2, -0.15) is 0 Å². The van der Waals surface area contributed by atoms with E-state index in [0.29, 0.717) is 6.04 Å². The van der Waals surface area contributed by atoms with E-state index in [4.69, 9.17) is 0 Å². The lowest BCUT2D eigenvalue weighted by molar-refractivity contribution is -0.140. The van der Waals surface area contributed by atoms with Crippen molar-refractivity contribution in [2.24, 2.45) is 23.2 Å². The van der Waals surface area contributed by atoms with Crippen molar-refractivity contribution in [3.05, 3.63) is 16.0 Å². The van der Waals surface area contributed by atoms with Crippen LogP contribution in [0.2, 0.25) is 0 Å². The number of rotatable bonds is 4. The fourth-order valence-corrected chi connectivity index (χ4v) is 8.29. The fraction of sp³-hybridized carbons (Fsp3) is 0.739. The van der Waals surface area contributed by atoms with Gasteiger partial charge in [0.05, 0.1) is 11.0 Å². The molecule has 1 heterocycles. The van der Waals surface area contributed by atoms with Gasteiger partial charge in [-0.3, -0.25) is 9.59 Å². The maximum atomic E-state index is 13.6. The molecule has 5 heteroatoms. The summed E-state index contributed by atoms with van der Waals surface area (Å²) >= 11 is 1.68. The van der Waals surface area contributed by atoms with Crippen LogP contribution in [-0.4, -0.2) is 17.9 Å². The Morgan fingerprint density at radius 1 is 0.929 bits per heavy atom. The third-order valence-corrected chi connectivity index (χ3v) is 9.27. The standard InChI is InChI=1S/C23H30N2O2S/c26-20(24-16-5-6-16)19-17-3-1-2-4-18(17)28-21(19)25-22(27)23-10-13-7-14(11-23)9-15(8-13)12-23/h13-16H,1-12H2,(H,24,26)(H,25,27). The summed E-state index contributed by atoms with van der Waals surface area (Å²) in [6, 6.07) is 0.346. The zero-order chi connectivity index (χ0) is 18.9. The van der Waals surface area contributed by atoms with Gasteiger partial charge in [-0.05, 0) is 100 Å². The molecule has 6 aliphatic carbocycles. The van der Waals surface area contributed by atoms with Crippen LogP contribution in [0.25, 0.3) is 0 Å². The number of carbonyl (C=O) groups excluding carboxylic acids is 2. The quantitative estimate of drug-likeness (QED) is 0.774. The first-order chi connectivity index (χ1) is 13.6. The second-order valence-corrected chi connectivity index (χ2v) is 11.4. The molecule has 0 aromatic carbocycles. The van der Waals surface area contributed by atoms with Crippen LogP contribution >= 0.6 is 11.3 Å². The highest BCUT2D eigenvalue weighted by Crippen LogP contribution is 2.60. The Bertz CT molecular complexity index is 803. The first kappa shape index (κ1) is 17.5. The molecule has 2 amide bonds. The highest BCUT2D eigenvalue weighted by Gasteiger charge is 2.54. The molecule has 4 bridgehead atoms. The van der Waals surface area contributed by atoms with Crippen molar-refractivity contribution >= 4 is 28.2 Å². The van der Waals surface area contributed by atoms with Gasteiger partial charge in [0.1, 0.15) is 5.00 Å². The van der Waals surface area contributed by atoms with E-state index in [9.17, 15) is 9.59 Å². The molecule has 0 spiro atoms. The van der Waals surface area contributed by atoms with Crippen molar-refractivity contribution in [1.82, 2.24) is 5.32 Å². The summed E-state index contributed by atoms with van der Waals surface area (Å²) in [5, 5.41) is 7.33. The molecule has 0 radical (unpaired) electrons. The molecular weight excluding hydrogens is 368 g/mol. The van der Waals surface area contributed by atoms with E-state index in [1.807, 2.05) is 0 Å². The van der Waals surface area contributed by atoms with Crippen molar-refractivity contribution in [1.29, 1.82) is 0 Å². The Balaban J connectivity index is 1.30. The average molecular weight is 399 g/mol. The summed E-state index contributed by atoms with van der Waals surface area (Å²) < 4.78 is 0. The summed E-state index contributed by atoms with van der Waals surface area (Å²) in [5.41, 5.74) is 1.85. The molecule has 2 N–H and O–H groups in total. The lowest BCUT2D eigenvalue weighted by atomic mass is 9.49. The third kappa shape index (κ3) is 2.84. The second kappa shape index (κ2) is 6.32. The number of carbonyl (C=O) groups is 2. The Hall–Kier alpha value is -1.36. The number of aryl methyl sites for hydroxylation is 1. The molecule has 150 valence electrons. The largest absolute Gasteiger partial charge is 0.349 e. The van der Waals surface area contributed by atoms with Crippen LogP contribution in [0.4, 0.5) is 5.00 Å². The number of amides is 2. The van der Waals surface area contributed by atoms with Gasteiger partial charge in [0.25, 0.3) is 5.91 Å². The molecule has 0 aliphatic heterocycles. The molecule has 7 rings (SSSR count). The number of anilines is 1. The molecule has 0 atom stereocenters. The van der Waals surface area contributed by atoms with Crippen molar-refractivity contribution < 1.29 is 9.59 Å². The summed E-state index contributed by atoms with van der Waals surface area (Å²) in [6.07, 6.45) is 13.8. The van der Waals surface area contributed by atoms with Crippen molar-refractivity contribution in [2.75, 3.05) is 5.32 Å². The van der Waals surface area contributed by atoms with Gasteiger partial charge < -0.3 is 10.6 Å². The topological polar surface area (TPSA) is 58.2 Å². The Morgan fingerprint density at radius 3 is 2.21 bits per heavy atom. The maximum absolute atomic E-state index is 13.6. The summed E-state index contributed by atoms with van der Waals surface area (Å²) in [6.45, 7) is 0. The van der Waals surface area contributed by atoms with Gasteiger partial charge >= 0.3 is 0 Å². The van der Waals surface area contributed by atoms with Crippen LogP contribution in [0, 0.1) is 23.2 Å². The number of hydrogen-bond acceptors (Lipinski definition) is 3. The first-order valence-corrected chi connectivity index (χ1v) is 12.2. The zero-order valence-corrected chi connectivity index (χ0v) is 17.3. The SMILES string of the molecule is O=C(NC1CC1)c1c(NC(=O)C23CC4CC(CC(C4)C2)C3)sc2c1CCCC2. The molecule has 4 nitrogen and oxygen atoms in total. The highest BCUT2D eigenvalue weighted by atomic mass is 32.1. The Kier molecular flexibility index (Phi) is 3.95. The maximum Gasteiger partial charge on any atom is 0.254 e. The number of hydrogen-bond donors (Lipinski definition) is 2. The zero-order valence-electron chi connectivity index (χ0n) is 16.5. The molecular formula is C23H30N2O2S. The summed E-state index contributed by atoms with van der Waals surface area (Å²) in [4.78, 5) is 27.9. The minimum atomic E-state index is -0.163. The lowest BCUT2D eigenvalue weighted by Crippen LogP contribution is -2.51. The van der Waals surface area contributed by atoms with E-state index >= 15 is 0 Å². The smallest absolute Gasteiger partial charge is 0.254 e. The molecule has 1 aromatic heterocycles. The Labute approximate surface area is 170 Å². The second-order valence-electron chi connectivity index (χ2n) is 10.3. The van der Waals surface area contributed by atoms with Gasteiger partial charge in [0, 0.05) is 10.9 Å². The highest BCUT2D eigenvalue weighted by molar-refractivity contribution is 7.17. The molecule has 5 fully saturated rings. The van der Waals surface area contributed by atoms with Gasteiger partial charge in [-0.25, -0.2) is 0 Å². The predicted octanol–water partition coefficient (Wildman–Crippen LogP) is 4.67. The van der Waals surface area contributed by atoms with Crippen LogP contribution in [0.15, 0.2) is 0 Å². The molecule has 28 heavy (non-hydrogen) atoms. The van der Waals surface area contributed by atoms with E-state index in [2.05, 4.69) is 10.6 Å².